The Hall–Kier alpha value is -0.380. The van der Waals surface area contributed by atoms with Gasteiger partial charge >= 0.3 is 0 Å². The van der Waals surface area contributed by atoms with Gasteiger partial charge in [-0.05, 0) is 31.2 Å². The van der Waals surface area contributed by atoms with Crippen molar-refractivity contribution in [3.8, 4) is 0 Å². The summed E-state index contributed by atoms with van der Waals surface area (Å²) in [5.41, 5.74) is 5.17. The molecule has 1 atom stereocenters. The molecule has 0 aliphatic heterocycles. The molecule has 18 heavy (non-hydrogen) atoms. The van der Waals surface area contributed by atoms with Crippen LogP contribution in [0.1, 0.15) is 56.7 Å². The maximum Gasteiger partial charge on any atom is 0.103 e. The molecule has 0 bridgehead atoms. The molecule has 1 fully saturated rings. The zero-order valence-electron chi connectivity index (χ0n) is 11.3. The molecular weight excluding hydrogens is 242 g/mol. The summed E-state index contributed by atoms with van der Waals surface area (Å²) in [7, 11) is 0. The Morgan fingerprint density at radius 3 is 2.39 bits per heavy atom. The molecular formula is C15H25NOS. The van der Waals surface area contributed by atoms with Crippen molar-refractivity contribution >= 4 is 11.3 Å². The second-order valence-electron chi connectivity index (χ2n) is 5.80. The number of hydrogen-bond acceptors (Lipinski definition) is 3. The lowest BCUT2D eigenvalue weighted by Crippen LogP contribution is -2.48. The number of rotatable bonds is 3. The number of hydrogen-bond donors (Lipinski definition) is 2. The van der Waals surface area contributed by atoms with E-state index in [0.717, 1.165) is 17.7 Å². The molecule has 3 N–H and O–H groups in total. The molecule has 0 amide bonds. The van der Waals surface area contributed by atoms with Crippen LogP contribution in [0.4, 0.5) is 0 Å². The van der Waals surface area contributed by atoms with Crippen molar-refractivity contribution in [2.45, 2.75) is 57.5 Å². The van der Waals surface area contributed by atoms with Gasteiger partial charge in [-0.3, -0.25) is 0 Å². The van der Waals surface area contributed by atoms with E-state index < -0.39 is 5.60 Å². The van der Waals surface area contributed by atoms with Crippen molar-refractivity contribution < 1.29 is 5.11 Å². The van der Waals surface area contributed by atoms with Gasteiger partial charge in [0.05, 0.1) is 0 Å². The summed E-state index contributed by atoms with van der Waals surface area (Å²) in [5.74, 6) is 0. The predicted octanol–water partition coefficient (Wildman–Crippen LogP) is 3.65. The lowest BCUT2D eigenvalue weighted by molar-refractivity contribution is -0.0836. The average Bonchev–Trinajstić information content (AvgIpc) is 2.83. The molecule has 102 valence electrons. The molecule has 1 aliphatic rings. The highest BCUT2D eigenvalue weighted by Gasteiger charge is 2.47. The third kappa shape index (κ3) is 2.49. The minimum absolute atomic E-state index is 0.141. The number of nitrogens with two attached hydrogens (primary N) is 1. The van der Waals surface area contributed by atoms with Gasteiger partial charge in [0.1, 0.15) is 5.60 Å². The Morgan fingerprint density at radius 1 is 1.28 bits per heavy atom. The maximum absolute atomic E-state index is 11.1. The van der Waals surface area contributed by atoms with Crippen molar-refractivity contribution in [3.63, 3.8) is 0 Å². The fourth-order valence-corrected chi connectivity index (χ4v) is 4.20. The first-order valence-corrected chi connectivity index (χ1v) is 7.97. The van der Waals surface area contributed by atoms with Crippen LogP contribution in [0, 0.1) is 5.41 Å². The predicted molar refractivity (Wildman–Crippen MR) is 77.7 cm³/mol. The molecule has 2 nitrogen and oxygen atoms in total. The largest absolute Gasteiger partial charge is 0.384 e. The van der Waals surface area contributed by atoms with Crippen LogP contribution in [0.15, 0.2) is 17.5 Å². The summed E-state index contributed by atoms with van der Waals surface area (Å²) in [4.78, 5) is 1.06. The highest BCUT2D eigenvalue weighted by Crippen LogP contribution is 2.48. The van der Waals surface area contributed by atoms with Gasteiger partial charge in [-0.15, -0.1) is 11.3 Å². The van der Waals surface area contributed by atoms with Crippen LogP contribution < -0.4 is 5.73 Å². The monoisotopic (exact) mass is 267 g/mol. The Labute approximate surface area is 114 Å². The van der Waals surface area contributed by atoms with Gasteiger partial charge in [0.2, 0.25) is 0 Å². The highest BCUT2D eigenvalue weighted by atomic mass is 32.1. The van der Waals surface area contributed by atoms with Gasteiger partial charge in [0, 0.05) is 16.8 Å². The number of aliphatic hydroxyl groups is 1. The molecule has 0 aromatic carbocycles. The first kappa shape index (κ1) is 14.0. The SMILES string of the molecule is CC(O)(c1cccs1)C1(CN)CCCCCCC1. The number of thiophene rings is 1. The summed E-state index contributed by atoms with van der Waals surface area (Å²) in [6, 6.07) is 4.06. The van der Waals surface area contributed by atoms with Gasteiger partial charge in [-0.1, -0.05) is 38.2 Å². The van der Waals surface area contributed by atoms with Crippen LogP contribution in [0.25, 0.3) is 0 Å². The van der Waals surface area contributed by atoms with Gasteiger partial charge in [-0.2, -0.15) is 0 Å². The molecule has 1 aromatic rings. The topological polar surface area (TPSA) is 46.2 Å². The second kappa shape index (κ2) is 5.72. The van der Waals surface area contributed by atoms with Gasteiger partial charge in [-0.25, -0.2) is 0 Å². The standard InChI is InChI=1S/C15H25NOS/c1-14(17,13-8-7-11-18-13)15(12-16)9-5-3-2-4-6-10-15/h7-8,11,17H,2-6,9-10,12,16H2,1H3. The van der Waals surface area contributed by atoms with Crippen LogP contribution in [0.2, 0.25) is 0 Å². The molecule has 0 spiro atoms. The molecule has 1 aliphatic carbocycles. The molecule has 1 aromatic heterocycles. The summed E-state index contributed by atoms with van der Waals surface area (Å²) in [6.07, 6.45) is 8.38. The van der Waals surface area contributed by atoms with E-state index >= 15 is 0 Å². The second-order valence-corrected chi connectivity index (χ2v) is 6.75. The molecule has 1 saturated carbocycles. The first-order valence-electron chi connectivity index (χ1n) is 7.09. The fraction of sp³-hybridized carbons (Fsp3) is 0.733. The van der Waals surface area contributed by atoms with Crippen molar-refractivity contribution in [2.24, 2.45) is 11.1 Å². The minimum atomic E-state index is -0.784. The van der Waals surface area contributed by atoms with Gasteiger partial charge in [0.25, 0.3) is 0 Å². The van der Waals surface area contributed by atoms with E-state index in [1.165, 1.54) is 32.1 Å². The molecule has 1 heterocycles. The summed E-state index contributed by atoms with van der Waals surface area (Å²) < 4.78 is 0. The normalized spacial score (nSPS) is 23.9. The van der Waals surface area contributed by atoms with Crippen LogP contribution in [-0.2, 0) is 5.60 Å². The quantitative estimate of drug-likeness (QED) is 0.878. The van der Waals surface area contributed by atoms with E-state index in [-0.39, 0.29) is 5.41 Å². The lowest BCUT2D eigenvalue weighted by Gasteiger charge is -2.45. The Balaban J connectivity index is 2.28. The molecule has 3 heteroatoms. The van der Waals surface area contributed by atoms with Crippen LogP contribution in [0.5, 0.6) is 0 Å². The van der Waals surface area contributed by atoms with E-state index in [2.05, 4.69) is 0 Å². The summed E-state index contributed by atoms with van der Waals surface area (Å²) in [6.45, 7) is 2.55. The van der Waals surface area contributed by atoms with Gasteiger partial charge in [0.15, 0.2) is 0 Å². The lowest BCUT2D eigenvalue weighted by atomic mass is 9.65. The van der Waals surface area contributed by atoms with E-state index in [0.29, 0.717) is 6.54 Å². The van der Waals surface area contributed by atoms with Gasteiger partial charge < -0.3 is 10.8 Å². The van der Waals surface area contributed by atoms with E-state index in [1.54, 1.807) is 11.3 Å². The molecule has 1 unspecified atom stereocenters. The summed E-state index contributed by atoms with van der Waals surface area (Å²) in [5, 5.41) is 13.1. The first-order chi connectivity index (χ1) is 8.62. The van der Waals surface area contributed by atoms with Crippen molar-refractivity contribution in [1.82, 2.24) is 0 Å². The summed E-state index contributed by atoms with van der Waals surface area (Å²) >= 11 is 1.64. The minimum Gasteiger partial charge on any atom is -0.384 e. The zero-order valence-corrected chi connectivity index (χ0v) is 12.1. The molecule has 2 rings (SSSR count). The van der Waals surface area contributed by atoms with Crippen LogP contribution in [-0.4, -0.2) is 11.7 Å². The van der Waals surface area contributed by atoms with E-state index in [4.69, 9.17) is 5.73 Å². The van der Waals surface area contributed by atoms with E-state index in [1.807, 2.05) is 24.4 Å². The smallest absolute Gasteiger partial charge is 0.103 e. The van der Waals surface area contributed by atoms with Crippen molar-refractivity contribution in [3.05, 3.63) is 22.4 Å². The Morgan fingerprint density at radius 2 is 1.89 bits per heavy atom. The third-order valence-electron chi connectivity index (χ3n) is 4.74. The molecule has 0 saturated heterocycles. The van der Waals surface area contributed by atoms with Crippen molar-refractivity contribution in [1.29, 1.82) is 0 Å². The zero-order chi connectivity index (χ0) is 13.1. The third-order valence-corrected chi connectivity index (χ3v) is 5.82. The highest BCUT2D eigenvalue weighted by molar-refractivity contribution is 7.10. The fourth-order valence-electron chi connectivity index (χ4n) is 3.29. The van der Waals surface area contributed by atoms with Crippen molar-refractivity contribution in [2.75, 3.05) is 6.54 Å². The van der Waals surface area contributed by atoms with E-state index in [9.17, 15) is 5.11 Å². The Kier molecular flexibility index (Phi) is 4.46. The van der Waals surface area contributed by atoms with Crippen LogP contribution in [0.3, 0.4) is 0 Å². The van der Waals surface area contributed by atoms with Crippen LogP contribution >= 0.6 is 11.3 Å². The maximum atomic E-state index is 11.1. The Bertz CT molecular complexity index is 351. The molecule has 0 radical (unpaired) electrons. The average molecular weight is 267 g/mol.